The molecule has 2 rings (SSSR count). The van der Waals surface area contributed by atoms with E-state index >= 15 is 0 Å². The lowest BCUT2D eigenvalue weighted by molar-refractivity contribution is -0.149. The van der Waals surface area contributed by atoms with E-state index in [-0.39, 0.29) is 18.5 Å². The minimum atomic E-state index is -0.394. The zero-order chi connectivity index (χ0) is 16.7. The molecule has 120 valence electrons. The summed E-state index contributed by atoms with van der Waals surface area (Å²) in [4.78, 5) is 15.7. The van der Waals surface area contributed by atoms with Crippen LogP contribution in [0.5, 0.6) is 11.5 Å². The fourth-order valence-corrected chi connectivity index (χ4v) is 1.81. The third-order valence-electron chi connectivity index (χ3n) is 2.80. The molecule has 0 unspecified atom stereocenters. The fourth-order valence-electron chi connectivity index (χ4n) is 1.81. The lowest BCUT2D eigenvalue weighted by atomic mass is 10.2. The number of esters is 1. The topological polar surface area (TPSA) is 68.1 Å². The third kappa shape index (κ3) is 5.82. The molecule has 0 spiro atoms. The monoisotopic (exact) mass is 313 g/mol. The molecule has 5 heteroatoms. The minimum absolute atomic E-state index is 0.116. The maximum atomic E-state index is 11.4. The van der Waals surface area contributed by atoms with Gasteiger partial charge in [0.15, 0.2) is 6.61 Å². The van der Waals surface area contributed by atoms with Crippen LogP contribution in [0.15, 0.2) is 53.5 Å². The van der Waals surface area contributed by atoms with Crippen molar-refractivity contribution < 1.29 is 19.4 Å². The normalized spacial score (nSPS) is 10.9. The molecule has 0 fully saturated rings. The predicted molar refractivity (Wildman–Crippen MR) is 88.5 cm³/mol. The summed E-state index contributed by atoms with van der Waals surface area (Å²) in [6, 6.07) is 13.9. The van der Waals surface area contributed by atoms with Gasteiger partial charge in [0.25, 0.3) is 0 Å². The van der Waals surface area contributed by atoms with Crippen LogP contribution < -0.4 is 4.74 Å². The molecule has 0 aliphatic heterocycles. The van der Waals surface area contributed by atoms with Gasteiger partial charge in [-0.15, -0.1) is 0 Å². The predicted octanol–water partition coefficient (Wildman–Crippen LogP) is 3.47. The molecule has 2 aromatic rings. The Morgan fingerprint density at radius 1 is 1.22 bits per heavy atom. The van der Waals surface area contributed by atoms with Crippen molar-refractivity contribution in [3.8, 4) is 11.5 Å². The fraction of sp³-hybridized carbons (Fsp3) is 0.222. The lowest BCUT2D eigenvalue weighted by Gasteiger charge is -2.09. The maximum Gasteiger partial charge on any atom is 0.344 e. The van der Waals surface area contributed by atoms with E-state index in [0.717, 1.165) is 5.56 Å². The number of phenolic OH excluding ortho intramolecular Hbond substituents is 1. The van der Waals surface area contributed by atoms with E-state index in [1.807, 2.05) is 12.1 Å². The van der Waals surface area contributed by atoms with Crippen LogP contribution in [0.2, 0.25) is 0 Å². The van der Waals surface area contributed by atoms with E-state index in [1.165, 1.54) is 0 Å². The van der Waals surface area contributed by atoms with E-state index in [4.69, 9.17) is 9.47 Å². The summed E-state index contributed by atoms with van der Waals surface area (Å²) in [5.74, 6) is 0.367. The van der Waals surface area contributed by atoms with Crippen molar-refractivity contribution in [1.82, 2.24) is 0 Å². The first-order valence-corrected chi connectivity index (χ1v) is 7.28. The molecular weight excluding hydrogens is 294 g/mol. The van der Waals surface area contributed by atoms with Crippen LogP contribution in [0.25, 0.3) is 0 Å². The maximum absolute atomic E-state index is 11.4. The smallest absolute Gasteiger partial charge is 0.344 e. The Labute approximate surface area is 135 Å². The van der Waals surface area contributed by atoms with E-state index in [0.29, 0.717) is 11.4 Å². The molecule has 0 aliphatic carbocycles. The number of aromatic hydroxyl groups is 1. The number of hydrogen-bond acceptors (Lipinski definition) is 5. The van der Waals surface area contributed by atoms with Gasteiger partial charge in [-0.3, -0.25) is 4.99 Å². The van der Waals surface area contributed by atoms with E-state index in [2.05, 4.69) is 4.99 Å². The van der Waals surface area contributed by atoms with Crippen molar-refractivity contribution >= 4 is 17.9 Å². The number of carbonyl (C=O) groups is 1. The summed E-state index contributed by atoms with van der Waals surface area (Å²) in [6.45, 7) is 3.46. The van der Waals surface area contributed by atoms with Gasteiger partial charge in [-0.1, -0.05) is 6.07 Å². The Morgan fingerprint density at radius 2 is 1.96 bits per heavy atom. The molecule has 5 nitrogen and oxygen atoms in total. The van der Waals surface area contributed by atoms with E-state index in [9.17, 15) is 9.90 Å². The third-order valence-corrected chi connectivity index (χ3v) is 2.80. The average Bonchev–Trinajstić information content (AvgIpc) is 2.51. The molecule has 0 heterocycles. The molecule has 0 saturated carbocycles. The van der Waals surface area contributed by atoms with Crippen LogP contribution >= 0.6 is 0 Å². The van der Waals surface area contributed by atoms with Gasteiger partial charge in [0.05, 0.1) is 11.8 Å². The second-order valence-corrected chi connectivity index (χ2v) is 5.17. The Morgan fingerprint density at radius 3 is 2.61 bits per heavy atom. The van der Waals surface area contributed by atoms with Crippen LogP contribution in [0.3, 0.4) is 0 Å². The number of hydrogen-bond donors (Lipinski definition) is 1. The first-order chi connectivity index (χ1) is 11.0. The second kappa shape index (κ2) is 7.98. The standard InChI is InChI=1S/C18H19NO4/c1-13(2)23-18(21)12-22-17-8-6-14(7-9-17)11-19-15-4-3-5-16(20)10-15/h3-11,13,20H,12H2,1-2H3. The van der Waals surface area contributed by atoms with Gasteiger partial charge in [0, 0.05) is 12.3 Å². The van der Waals surface area contributed by atoms with Crippen molar-refractivity contribution in [1.29, 1.82) is 0 Å². The first kappa shape index (κ1) is 16.5. The van der Waals surface area contributed by atoms with Crippen LogP contribution in [0, 0.1) is 0 Å². The van der Waals surface area contributed by atoms with Crippen LogP contribution in [-0.2, 0) is 9.53 Å². The van der Waals surface area contributed by atoms with E-state index < -0.39 is 5.97 Å². The molecule has 23 heavy (non-hydrogen) atoms. The molecule has 0 atom stereocenters. The number of nitrogens with zero attached hydrogens (tertiary/aromatic N) is 1. The van der Waals surface area contributed by atoms with Gasteiger partial charge in [0.2, 0.25) is 0 Å². The molecular formula is C18H19NO4. The highest BCUT2D eigenvalue weighted by Crippen LogP contribution is 2.18. The molecule has 0 bridgehead atoms. The summed E-state index contributed by atoms with van der Waals surface area (Å²) in [7, 11) is 0. The summed E-state index contributed by atoms with van der Waals surface area (Å²) >= 11 is 0. The zero-order valence-corrected chi connectivity index (χ0v) is 13.1. The highest BCUT2D eigenvalue weighted by molar-refractivity contribution is 5.82. The highest BCUT2D eigenvalue weighted by atomic mass is 16.6. The van der Waals surface area contributed by atoms with E-state index in [1.54, 1.807) is 56.5 Å². The molecule has 0 saturated heterocycles. The van der Waals surface area contributed by atoms with Crippen molar-refractivity contribution in [3.05, 3.63) is 54.1 Å². The Kier molecular flexibility index (Phi) is 5.74. The van der Waals surface area contributed by atoms with Gasteiger partial charge in [-0.25, -0.2) is 4.79 Å². The minimum Gasteiger partial charge on any atom is -0.508 e. The van der Waals surface area contributed by atoms with Crippen LogP contribution in [-0.4, -0.2) is 30.0 Å². The summed E-state index contributed by atoms with van der Waals surface area (Å²) in [5.41, 5.74) is 1.55. The van der Waals surface area contributed by atoms with Crippen molar-refractivity contribution in [2.75, 3.05) is 6.61 Å². The van der Waals surface area contributed by atoms with Gasteiger partial charge >= 0.3 is 5.97 Å². The number of ether oxygens (including phenoxy) is 2. The SMILES string of the molecule is CC(C)OC(=O)COc1ccc(C=Nc2cccc(O)c2)cc1. The Balaban J connectivity index is 1.90. The number of carbonyl (C=O) groups excluding carboxylic acids is 1. The van der Waals surface area contributed by atoms with Crippen LogP contribution in [0.4, 0.5) is 5.69 Å². The number of phenols is 1. The molecule has 1 N–H and O–H groups in total. The van der Waals surface area contributed by atoms with Crippen molar-refractivity contribution in [2.24, 2.45) is 4.99 Å². The summed E-state index contributed by atoms with van der Waals surface area (Å²) in [6.07, 6.45) is 1.54. The molecule has 0 amide bonds. The van der Waals surface area contributed by atoms with Gasteiger partial charge in [-0.2, -0.15) is 0 Å². The number of benzene rings is 2. The van der Waals surface area contributed by atoms with Crippen molar-refractivity contribution in [2.45, 2.75) is 20.0 Å². The van der Waals surface area contributed by atoms with Crippen LogP contribution in [0.1, 0.15) is 19.4 Å². The quantitative estimate of drug-likeness (QED) is 0.655. The zero-order valence-electron chi connectivity index (χ0n) is 13.1. The number of rotatable bonds is 6. The van der Waals surface area contributed by atoms with Crippen molar-refractivity contribution in [3.63, 3.8) is 0 Å². The summed E-state index contributed by atoms with van der Waals surface area (Å²) in [5, 5.41) is 9.38. The first-order valence-electron chi connectivity index (χ1n) is 7.28. The average molecular weight is 313 g/mol. The lowest BCUT2D eigenvalue weighted by Crippen LogP contribution is -2.18. The Hall–Kier alpha value is -2.82. The summed E-state index contributed by atoms with van der Waals surface area (Å²) < 4.78 is 10.3. The molecule has 0 aliphatic rings. The highest BCUT2D eigenvalue weighted by Gasteiger charge is 2.06. The van der Waals surface area contributed by atoms with Gasteiger partial charge in [-0.05, 0) is 55.8 Å². The largest absolute Gasteiger partial charge is 0.508 e. The Bertz CT molecular complexity index is 678. The molecule has 0 aromatic heterocycles. The second-order valence-electron chi connectivity index (χ2n) is 5.17. The van der Waals surface area contributed by atoms with Gasteiger partial charge in [0.1, 0.15) is 11.5 Å². The number of aliphatic imine (C=N–C) groups is 1. The molecule has 0 radical (unpaired) electrons. The van der Waals surface area contributed by atoms with Gasteiger partial charge < -0.3 is 14.6 Å². The molecule has 2 aromatic carbocycles.